The fourth-order valence-electron chi connectivity index (χ4n) is 3.63. The summed E-state index contributed by atoms with van der Waals surface area (Å²) in [6, 6.07) is 9.37. The van der Waals surface area contributed by atoms with Gasteiger partial charge in [-0.2, -0.15) is 4.98 Å². The van der Waals surface area contributed by atoms with Crippen LogP contribution in [0.3, 0.4) is 0 Å². The molecule has 1 aliphatic rings. The van der Waals surface area contributed by atoms with Crippen LogP contribution in [0.4, 0.5) is 5.69 Å². The Morgan fingerprint density at radius 2 is 1.91 bits per heavy atom. The van der Waals surface area contributed by atoms with Gasteiger partial charge in [0.05, 0.1) is 22.7 Å². The molecule has 0 aliphatic carbocycles. The Balaban J connectivity index is 1.59. The van der Waals surface area contributed by atoms with Crippen molar-refractivity contribution in [2.75, 3.05) is 24.9 Å². The van der Waals surface area contributed by atoms with Crippen molar-refractivity contribution in [3.8, 4) is 17.1 Å². The SMILES string of the molecule is COc1ccc(NS(=O)(=O)c2cc(-c3noc(C(=O)N4CCCCC4)n3)ccc2C)cc1Cl. The van der Waals surface area contributed by atoms with E-state index in [1.54, 1.807) is 36.1 Å². The van der Waals surface area contributed by atoms with Crippen LogP contribution in [0.5, 0.6) is 5.75 Å². The van der Waals surface area contributed by atoms with Gasteiger partial charge in [-0.3, -0.25) is 9.52 Å². The van der Waals surface area contributed by atoms with Gasteiger partial charge in [-0.05, 0) is 56.0 Å². The number of aromatic nitrogens is 2. The maximum Gasteiger partial charge on any atom is 0.316 e. The van der Waals surface area contributed by atoms with Gasteiger partial charge in [0, 0.05) is 18.7 Å². The van der Waals surface area contributed by atoms with Gasteiger partial charge in [-0.15, -0.1) is 0 Å². The maximum atomic E-state index is 13.1. The van der Waals surface area contributed by atoms with E-state index in [9.17, 15) is 13.2 Å². The minimum absolute atomic E-state index is 0.0423. The van der Waals surface area contributed by atoms with E-state index in [1.165, 1.54) is 19.2 Å². The molecule has 0 bridgehead atoms. The summed E-state index contributed by atoms with van der Waals surface area (Å²) in [5.41, 5.74) is 1.23. The Kier molecular flexibility index (Phi) is 6.57. The molecular formula is C22H23ClN4O5S. The summed E-state index contributed by atoms with van der Waals surface area (Å²) in [5, 5.41) is 4.17. The first-order valence-electron chi connectivity index (χ1n) is 10.4. The number of halogens is 1. The van der Waals surface area contributed by atoms with Crippen LogP contribution >= 0.6 is 11.6 Å². The fourth-order valence-corrected chi connectivity index (χ4v) is 5.21. The highest BCUT2D eigenvalue weighted by Crippen LogP contribution is 2.30. The predicted octanol–water partition coefficient (Wildman–Crippen LogP) is 4.13. The molecule has 0 saturated carbocycles. The van der Waals surface area contributed by atoms with E-state index in [1.807, 2.05) is 0 Å². The molecule has 1 N–H and O–H groups in total. The van der Waals surface area contributed by atoms with Gasteiger partial charge in [0.25, 0.3) is 10.0 Å². The Bertz CT molecular complexity index is 1290. The van der Waals surface area contributed by atoms with Gasteiger partial charge in [0.1, 0.15) is 5.75 Å². The van der Waals surface area contributed by atoms with Crippen molar-refractivity contribution in [2.45, 2.75) is 31.1 Å². The van der Waals surface area contributed by atoms with E-state index in [0.717, 1.165) is 19.3 Å². The first-order valence-corrected chi connectivity index (χ1v) is 12.2. The molecule has 174 valence electrons. The smallest absolute Gasteiger partial charge is 0.316 e. The molecule has 1 fully saturated rings. The average molecular weight is 491 g/mol. The highest BCUT2D eigenvalue weighted by Gasteiger charge is 2.25. The Labute approximate surface area is 196 Å². The summed E-state index contributed by atoms with van der Waals surface area (Å²) < 4.78 is 39.0. The molecule has 0 spiro atoms. The summed E-state index contributed by atoms with van der Waals surface area (Å²) in [4.78, 5) is 18.5. The molecule has 3 aromatic rings. The van der Waals surface area contributed by atoms with Gasteiger partial charge >= 0.3 is 11.8 Å². The number of piperidine rings is 1. The lowest BCUT2D eigenvalue weighted by atomic mass is 10.1. The number of hydrogen-bond donors (Lipinski definition) is 1. The van der Waals surface area contributed by atoms with Crippen molar-refractivity contribution >= 4 is 33.2 Å². The monoisotopic (exact) mass is 490 g/mol. The van der Waals surface area contributed by atoms with Gasteiger partial charge < -0.3 is 14.2 Å². The number of anilines is 1. The van der Waals surface area contributed by atoms with Crippen molar-refractivity contribution in [3.05, 3.63) is 52.9 Å². The molecule has 4 rings (SSSR count). The van der Waals surface area contributed by atoms with Crippen LogP contribution < -0.4 is 9.46 Å². The third-order valence-electron chi connectivity index (χ3n) is 5.39. The number of carbonyl (C=O) groups is 1. The van der Waals surface area contributed by atoms with Crippen LogP contribution in [0, 0.1) is 6.92 Å². The van der Waals surface area contributed by atoms with Crippen LogP contribution in [0.2, 0.25) is 5.02 Å². The zero-order chi connectivity index (χ0) is 23.6. The summed E-state index contributed by atoms with van der Waals surface area (Å²) in [6.45, 7) is 3.00. The van der Waals surface area contributed by atoms with E-state index in [4.69, 9.17) is 20.9 Å². The van der Waals surface area contributed by atoms with E-state index in [0.29, 0.717) is 35.7 Å². The van der Waals surface area contributed by atoms with Crippen molar-refractivity contribution in [1.29, 1.82) is 0 Å². The van der Waals surface area contributed by atoms with Gasteiger partial charge in [0.2, 0.25) is 5.82 Å². The first-order chi connectivity index (χ1) is 15.8. The molecule has 1 aliphatic heterocycles. The second kappa shape index (κ2) is 9.40. The van der Waals surface area contributed by atoms with Crippen LogP contribution in [-0.2, 0) is 10.0 Å². The topological polar surface area (TPSA) is 115 Å². The van der Waals surface area contributed by atoms with E-state index < -0.39 is 10.0 Å². The number of rotatable bonds is 6. The Hall–Kier alpha value is -3.11. The number of carbonyl (C=O) groups excluding carboxylic acids is 1. The summed E-state index contributed by atoms with van der Waals surface area (Å²) in [6.07, 6.45) is 2.98. The molecule has 1 amide bonds. The van der Waals surface area contributed by atoms with Crippen LogP contribution in [-0.4, -0.2) is 49.6 Å². The number of sulfonamides is 1. The van der Waals surface area contributed by atoms with E-state index in [2.05, 4.69) is 14.9 Å². The Morgan fingerprint density at radius 1 is 1.15 bits per heavy atom. The first kappa shape index (κ1) is 23.1. The standard InChI is InChI=1S/C22H23ClN4O5S/c1-14-6-7-15(20-24-21(32-25-20)22(28)27-10-4-3-5-11-27)12-19(14)33(29,30)26-16-8-9-18(31-2)17(23)13-16/h6-9,12-13,26H,3-5,10-11H2,1-2H3. The molecule has 2 heterocycles. The van der Waals surface area contributed by atoms with Crippen molar-refractivity contribution in [3.63, 3.8) is 0 Å². The highest BCUT2D eigenvalue weighted by molar-refractivity contribution is 7.92. The minimum atomic E-state index is -3.95. The van der Waals surface area contributed by atoms with Crippen LogP contribution in [0.1, 0.15) is 35.5 Å². The molecular weight excluding hydrogens is 468 g/mol. The number of benzene rings is 2. The van der Waals surface area contributed by atoms with Crippen LogP contribution in [0.15, 0.2) is 45.8 Å². The van der Waals surface area contributed by atoms with E-state index in [-0.39, 0.29) is 27.5 Å². The second-order valence-corrected chi connectivity index (χ2v) is 9.77. The fraction of sp³-hybridized carbons (Fsp3) is 0.318. The quantitative estimate of drug-likeness (QED) is 0.552. The molecule has 0 atom stereocenters. The lowest BCUT2D eigenvalue weighted by Gasteiger charge is -2.24. The van der Waals surface area contributed by atoms with Gasteiger partial charge in [0.15, 0.2) is 0 Å². The zero-order valence-electron chi connectivity index (χ0n) is 18.2. The number of methoxy groups -OCH3 is 1. The van der Waals surface area contributed by atoms with Crippen LogP contribution in [0.25, 0.3) is 11.4 Å². The molecule has 11 heteroatoms. The van der Waals surface area contributed by atoms with Crippen molar-refractivity contribution < 1.29 is 22.5 Å². The molecule has 2 aromatic carbocycles. The number of amides is 1. The molecule has 0 radical (unpaired) electrons. The zero-order valence-corrected chi connectivity index (χ0v) is 19.7. The number of likely N-dealkylation sites (tertiary alicyclic amines) is 1. The summed E-state index contributed by atoms with van der Waals surface area (Å²) in [5.74, 6) is 0.151. The normalized spacial score (nSPS) is 14.2. The average Bonchev–Trinajstić information content (AvgIpc) is 3.29. The number of hydrogen-bond acceptors (Lipinski definition) is 7. The minimum Gasteiger partial charge on any atom is -0.495 e. The second-order valence-electron chi connectivity index (χ2n) is 7.71. The largest absolute Gasteiger partial charge is 0.495 e. The molecule has 9 nitrogen and oxygen atoms in total. The maximum absolute atomic E-state index is 13.1. The lowest BCUT2D eigenvalue weighted by Crippen LogP contribution is -2.35. The molecule has 1 saturated heterocycles. The number of aryl methyl sites for hydroxylation is 1. The number of ether oxygens (including phenoxy) is 1. The highest BCUT2D eigenvalue weighted by atomic mass is 35.5. The summed E-state index contributed by atoms with van der Waals surface area (Å²) >= 11 is 6.11. The molecule has 1 aromatic heterocycles. The Morgan fingerprint density at radius 3 is 2.61 bits per heavy atom. The number of nitrogens with zero attached hydrogens (tertiary/aromatic N) is 3. The lowest BCUT2D eigenvalue weighted by molar-refractivity contribution is 0.0674. The van der Waals surface area contributed by atoms with Gasteiger partial charge in [-0.1, -0.05) is 28.9 Å². The third-order valence-corrected chi connectivity index (χ3v) is 7.21. The summed E-state index contributed by atoms with van der Waals surface area (Å²) in [7, 11) is -2.47. The van der Waals surface area contributed by atoms with Gasteiger partial charge in [-0.25, -0.2) is 8.42 Å². The predicted molar refractivity (Wildman–Crippen MR) is 123 cm³/mol. The molecule has 0 unspecified atom stereocenters. The number of nitrogens with one attached hydrogen (secondary N) is 1. The van der Waals surface area contributed by atoms with Crippen molar-refractivity contribution in [2.24, 2.45) is 0 Å². The van der Waals surface area contributed by atoms with E-state index >= 15 is 0 Å². The molecule has 33 heavy (non-hydrogen) atoms. The third kappa shape index (κ3) is 4.96. The van der Waals surface area contributed by atoms with Crippen molar-refractivity contribution in [1.82, 2.24) is 15.0 Å².